The third-order valence-corrected chi connectivity index (χ3v) is 4.51. The number of amides is 2. The van der Waals surface area contributed by atoms with Crippen LogP contribution in [-0.2, 0) is 22.3 Å². The van der Waals surface area contributed by atoms with Gasteiger partial charge < -0.3 is 5.32 Å². The zero-order chi connectivity index (χ0) is 20.9. The van der Waals surface area contributed by atoms with Gasteiger partial charge in [0.2, 0.25) is 11.8 Å². The number of benzene rings is 2. The summed E-state index contributed by atoms with van der Waals surface area (Å²) in [6, 6.07) is 14.3. The first-order valence-corrected chi connectivity index (χ1v) is 9.19. The average molecular weight is 403 g/mol. The standard InChI is InChI=1S/C21H20F3N3O2/c22-21(23,24)17-8-4-5-15(13-17)14-25-19(28)9-10-20(29)27-12-11-18(26-27)16-6-2-1-3-7-16/h1-8,13H,9-12,14H2,(H,25,28). The van der Waals surface area contributed by atoms with E-state index in [0.717, 1.165) is 23.4 Å². The smallest absolute Gasteiger partial charge is 0.352 e. The third kappa shape index (κ3) is 5.66. The highest BCUT2D eigenvalue weighted by Gasteiger charge is 2.30. The summed E-state index contributed by atoms with van der Waals surface area (Å²) in [5.41, 5.74) is 1.37. The van der Waals surface area contributed by atoms with Crippen molar-refractivity contribution in [3.63, 3.8) is 0 Å². The quantitative estimate of drug-likeness (QED) is 0.799. The second-order valence-corrected chi connectivity index (χ2v) is 6.65. The molecule has 0 fully saturated rings. The molecule has 2 aromatic rings. The molecule has 152 valence electrons. The van der Waals surface area contributed by atoms with Crippen LogP contribution in [0.5, 0.6) is 0 Å². The number of carbonyl (C=O) groups excluding carboxylic acids is 2. The van der Waals surface area contributed by atoms with Gasteiger partial charge in [-0.2, -0.15) is 18.3 Å². The van der Waals surface area contributed by atoms with Gasteiger partial charge in [-0.1, -0.05) is 42.5 Å². The predicted octanol–water partition coefficient (Wildman–Crippen LogP) is 3.74. The van der Waals surface area contributed by atoms with Crippen molar-refractivity contribution in [1.29, 1.82) is 0 Å². The van der Waals surface area contributed by atoms with Crippen molar-refractivity contribution in [2.45, 2.75) is 32.0 Å². The van der Waals surface area contributed by atoms with E-state index in [1.165, 1.54) is 17.1 Å². The fourth-order valence-corrected chi connectivity index (χ4v) is 2.97. The molecular formula is C21H20F3N3O2. The molecule has 8 heteroatoms. The van der Waals surface area contributed by atoms with E-state index in [4.69, 9.17) is 0 Å². The molecule has 0 aromatic heterocycles. The maximum absolute atomic E-state index is 12.7. The average Bonchev–Trinajstić information content (AvgIpc) is 3.21. The second-order valence-electron chi connectivity index (χ2n) is 6.65. The van der Waals surface area contributed by atoms with Crippen LogP contribution in [0.3, 0.4) is 0 Å². The molecule has 1 aliphatic heterocycles. The van der Waals surface area contributed by atoms with Gasteiger partial charge in [0.15, 0.2) is 0 Å². The molecule has 2 amide bonds. The first-order chi connectivity index (χ1) is 13.8. The van der Waals surface area contributed by atoms with Crippen LogP contribution in [0, 0.1) is 0 Å². The number of nitrogens with one attached hydrogen (secondary N) is 1. The van der Waals surface area contributed by atoms with Gasteiger partial charge in [-0.05, 0) is 23.3 Å². The number of alkyl halides is 3. The Bertz CT molecular complexity index is 911. The zero-order valence-corrected chi connectivity index (χ0v) is 15.6. The molecule has 1 N–H and O–H groups in total. The summed E-state index contributed by atoms with van der Waals surface area (Å²) >= 11 is 0. The molecule has 0 radical (unpaired) electrons. The highest BCUT2D eigenvalue weighted by Crippen LogP contribution is 2.29. The Labute approximate surface area is 166 Å². The number of carbonyl (C=O) groups is 2. The first-order valence-electron chi connectivity index (χ1n) is 9.19. The number of hydrogen-bond donors (Lipinski definition) is 1. The lowest BCUT2D eigenvalue weighted by atomic mass is 10.1. The van der Waals surface area contributed by atoms with E-state index >= 15 is 0 Å². The van der Waals surface area contributed by atoms with Gasteiger partial charge in [0, 0.05) is 25.8 Å². The van der Waals surface area contributed by atoms with Crippen molar-refractivity contribution in [2.75, 3.05) is 6.54 Å². The summed E-state index contributed by atoms with van der Waals surface area (Å²) in [4.78, 5) is 24.2. The van der Waals surface area contributed by atoms with Gasteiger partial charge in [-0.15, -0.1) is 0 Å². The molecule has 0 bridgehead atoms. The Balaban J connectivity index is 1.46. The fourth-order valence-electron chi connectivity index (χ4n) is 2.97. The van der Waals surface area contributed by atoms with Gasteiger partial charge in [-0.25, -0.2) is 5.01 Å². The van der Waals surface area contributed by atoms with Crippen LogP contribution in [0.1, 0.15) is 36.0 Å². The Morgan fingerprint density at radius 1 is 1.03 bits per heavy atom. The van der Waals surface area contributed by atoms with Crippen LogP contribution >= 0.6 is 0 Å². The summed E-state index contributed by atoms with van der Waals surface area (Å²) < 4.78 is 38.2. The van der Waals surface area contributed by atoms with Crippen LogP contribution < -0.4 is 5.32 Å². The Morgan fingerprint density at radius 2 is 1.79 bits per heavy atom. The minimum atomic E-state index is -4.43. The molecule has 1 aliphatic rings. The van der Waals surface area contributed by atoms with Crippen molar-refractivity contribution in [3.05, 3.63) is 71.3 Å². The van der Waals surface area contributed by atoms with E-state index in [-0.39, 0.29) is 25.3 Å². The first kappa shape index (κ1) is 20.6. The second kappa shape index (κ2) is 8.89. The van der Waals surface area contributed by atoms with Crippen LogP contribution in [0.15, 0.2) is 59.7 Å². The molecule has 3 rings (SSSR count). The largest absolute Gasteiger partial charge is 0.416 e. The number of halogens is 3. The van der Waals surface area contributed by atoms with E-state index in [1.54, 1.807) is 0 Å². The summed E-state index contributed by atoms with van der Waals surface area (Å²) in [5, 5.41) is 8.23. The molecule has 5 nitrogen and oxygen atoms in total. The lowest BCUT2D eigenvalue weighted by molar-refractivity contribution is -0.137. The summed E-state index contributed by atoms with van der Waals surface area (Å²) in [6.07, 6.45) is -3.84. The topological polar surface area (TPSA) is 61.8 Å². The van der Waals surface area contributed by atoms with Crippen molar-refractivity contribution in [2.24, 2.45) is 5.10 Å². The normalized spacial score (nSPS) is 13.9. The maximum atomic E-state index is 12.7. The minimum absolute atomic E-state index is 0.0139. The molecule has 2 aromatic carbocycles. The molecule has 0 spiro atoms. The summed E-state index contributed by atoms with van der Waals surface area (Å²) in [5.74, 6) is -0.660. The Morgan fingerprint density at radius 3 is 2.52 bits per heavy atom. The fraction of sp³-hybridized carbons (Fsp3) is 0.286. The van der Waals surface area contributed by atoms with Crippen LogP contribution in [-0.4, -0.2) is 29.1 Å². The molecular weight excluding hydrogens is 383 g/mol. The van der Waals surface area contributed by atoms with Crippen LogP contribution in [0.2, 0.25) is 0 Å². The van der Waals surface area contributed by atoms with E-state index in [1.807, 2.05) is 30.3 Å². The molecule has 0 unspecified atom stereocenters. The molecule has 0 saturated carbocycles. The van der Waals surface area contributed by atoms with Crippen molar-refractivity contribution in [1.82, 2.24) is 10.3 Å². The molecule has 1 heterocycles. The van der Waals surface area contributed by atoms with E-state index in [9.17, 15) is 22.8 Å². The monoisotopic (exact) mass is 403 g/mol. The lowest BCUT2D eigenvalue weighted by Crippen LogP contribution is -2.27. The number of rotatable bonds is 6. The van der Waals surface area contributed by atoms with Crippen LogP contribution in [0.4, 0.5) is 13.2 Å². The van der Waals surface area contributed by atoms with E-state index in [0.29, 0.717) is 18.5 Å². The van der Waals surface area contributed by atoms with Crippen molar-refractivity contribution in [3.8, 4) is 0 Å². The van der Waals surface area contributed by atoms with Gasteiger partial charge in [0.05, 0.1) is 17.8 Å². The van der Waals surface area contributed by atoms with Gasteiger partial charge >= 0.3 is 6.18 Å². The van der Waals surface area contributed by atoms with Crippen molar-refractivity contribution >= 4 is 17.5 Å². The molecule has 0 aliphatic carbocycles. The summed E-state index contributed by atoms with van der Waals surface area (Å²) in [6.45, 7) is 0.436. The highest BCUT2D eigenvalue weighted by atomic mass is 19.4. The SMILES string of the molecule is O=C(CCC(=O)N1CCC(c2ccccc2)=N1)NCc1cccc(C(F)(F)F)c1. The van der Waals surface area contributed by atoms with E-state index < -0.39 is 17.6 Å². The number of hydrazone groups is 1. The number of nitrogens with zero attached hydrogens (tertiary/aromatic N) is 2. The number of hydrogen-bond acceptors (Lipinski definition) is 3. The molecule has 0 atom stereocenters. The van der Waals surface area contributed by atoms with Gasteiger partial charge in [0.1, 0.15) is 0 Å². The zero-order valence-electron chi connectivity index (χ0n) is 15.6. The Kier molecular flexibility index (Phi) is 6.31. The Hall–Kier alpha value is -3.16. The maximum Gasteiger partial charge on any atom is 0.416 e. The van der Waals surface area contributed by atoms with Crippen LogP contribution in [0.25, 0.3) is 0 Å². The van der Waals surface area contributed by atoms with Gasteiger partial charge in [-0.3, -0.25) is 9.59 Å². The summed E-state index contributed by atoms with van der Waals surface area (Å²) in [7, 11) is 0. The van der Waals surface area contributed by atoms with Gasteiger partial charge in [0.25, 0.3) is 0 Å². The lowest BCUT2D eigenvalue weighted by Gasteiger charge is -2.12. The van der Waals surface area contributed by atoms with E-state index in [2.05, 4.69) is 10.4 Å². The highest BCUT2D eigenvalue weighted by molar-refractivity contribution is 6.02. The third-order valence-electron chi connectivity index (χ3n) is 4.51. The minimum Gasteiger partial charge on any atom is -0.352 e. The molecule has 29 heavy (non-hydrogen) atoms. The molecule has 0 saturated heterocycles. The predicted molar refractivity (Wildman–Crippen MR) is 102 cm³/mol. The van der Waals surface area contributed by atoms with Crippen molar-refractivity contribution < 1.29 is 22.8 Å².